The van der Waals surface area contributed by atoms with Crippen LogP contribution in [-0.2, 0) is 23.7 Å². The third-order valence-electron chi connectivity index (χ3n) is 7.35. The highest BCUT2D eigenvalue weighted by molar-refractivity contribution is 6.60. The van der Waals surface area contributed by atoms with E-state index < -0.39 is 35.9 Å². The second-order valence-corrected chi connectivity index (χ2v) is 11.2. The molecule has 45 heavy (non-hydrogen) atoms. The highest BCUT2D eigenvalue weighted by atomic mass is 16.8. The summed E-state index contributed by atoms with van der Waals surface area (Å²) in [6.45, 7) is 7.48. The van der Waals surface area contributed by atoms with Crippen molar-refractivity contribution in [1.29, 1.82) is 0 Å². The average Bonchev–Trinajstić information content (AvgIpc) is 3.32. The van der Waals surface area contributed by atoms with Crippen LogP contribution in [0.4, 0.5) is 10.6 Å². The van der Waals surface area contributed by atoms with Gasteiger partial charge >= 0.3 is 5.97 Å². The number of cyclic esters (lactones) is 1. The third kappa shape index (κ3) is 9.03. The molecule has 2 radical (unpaired) electrons. The topological polar surface area (TPSA) is 123 Å². The lowest BCUT2D eigenvalue weighted by Crippen LogP contribution is -2.32. The van der Waals surface area contributed by atoms with Gasteiger partial charge in [0.1, 0.15) is 35.1 Å². The molecule has 238 valence electrons. The van der Waals surface area contributed by atoms with E-state index in [0.29, 0.717) is 30.0 Å². The number of amides is 1. The van der Waals surface area contributed by atoms with Gasteiger partial charge in [-0.3, -0.25) is 9.59 Å². The number of methoxy groups -OCH3 is 1. The van der Waals surface area contributed by atoms with Crippen LogP contribution >= 0.6 is 0 Å². The Balaban J connectivity index is 1.62. The smallest absolute Gasteiger partial charge is 0.343 e. The lowest BCUT2D eigenvalue weighted by atomic mass is 10.00. The maximum absolute atomic E-state index is 13.6. The van der Waals surface area contributed by atoms with E-state index >= 15 is 0 Å². The van der Waals surface area contributed by atoms with Crippen LogP contribution in [0.2, 0.25) is 0 Å². The summed E-state index contributed by atoms with van der Waals surface area (Å²) in [5, 5.41) is 0. The van der Waals surface area contributed by atoms with Crippen molar-refractivity contribution in [2.75, 3.05) is 32.0 Å². The van der Waals surface area contributed by atoms with Gasteiger partial charge in [-0.05, 0) is 69.9 Å². The van der Waals surface area contributed by atoms with E-state index in [4.69, 9.17) is 36.3 Å². The Kier molecular flexibility index (Phi) is 11.5. The molecule has 1 saturated heterocycles. The molecule has 0 N–H and O–H groups in total. The van der Waals surface area contributed by atoms with Crippen LogP contribution in [0.25, 0.3) is 6.08 Å². The van der Waals surface area contributed by atoms with Crippen LogP contribution in [0, 0.1) is 0 Å². The molecule has 1 amide bonds. The SMILES string of the molecule is [B]C(=O)N(CCCOc1cc2c(c(OCOC)c1)C(=O)O[C@@H](C)C(C)=CCC(=O)C1OC(C)(C)O[C@H]1CC=C2)c1ccccn1. The normalized spacial score (nSPS) is 21.5. The van der Waals surface area contributed by atoms with Crippen molar-refractivity contribution in [2.24, 2.45) is 0 Å². The Morgan fingerprint density at radius 1 is 1.18 bits per heavy atom. The highest BCUT2D eigenvalue weighted by Gasteiger charge is 2.44. The van der Waals surface area contributed by atoms with Crippen molar-refractivity contribution in [3.05, 3.63) is 65.4 Å². The fraction of sp³-hybridized carbons (Fsp3) is 0.455. The monoisotopic (exact) mass is 618 g/mol. The molecule has 2 aromatic rings. The van der Waals surface area contributed by atoms with Crippen LogP contribution < -0.4 is 14.4 Å². The molecule has 1 aromatic heterocycles. The highest BCUT2D eigenvalue weighted by Crippen LogP contribution is 2.34. The van der Waals surface area contributed by atoms with Crippen molar-refractivity contribution < 1.29 is 42.8 Å². The van der Waals surface area contributed by atoms with Crippen LogP contribution in [0.15, 0.2) is 54.3 Å². The van der Waals surface area contributed by atoms with Crippen LogP contribution in [0.1, 0.15) is 62.9 Å². The van der Waals surface area contributed by atoms with E-state index in [9.17, 15) is 14.4 Å². The maximum atomic E-state index is 13.6. The summed E-state index contributed by atoms with van der Waals surface area (Å²) in [6.07, 6.45) is 5.95. The third-order valence-corrected chi connectivity index (χ3v) is 7.35. The fourth-order valence-corrected chi connectivity index (χ4v) is 5.01. The summed E-state index contributed by atoms with van der Waals surface area (Å²) < 4.78 is 34.8. The van der Waals surface area contributed by atoms with Gasteiger partial charge in [-0.15, -0.1) is 0 Å². The number of aromatic nitrogens is 1. The van der Waals surface area contributed by atoms with E-state index in [-0.39, 0.29) is 43.5 Å². The first-order valence-electron chi connectivity index (χ1n) is 14.8. The largest absolute Gasteiger partial charge is 0.493 e. The van der Waals surface area contributed by atoms with E-state index in [1.54, 1.807) is 76.4 Å². The van der Waals surface area contributed by atoms with Gasteiger partial charge in [0, 0.05) is 32.3 Å². The quantitative estimate of drug-likeness (QED) is 0.125. The number of ketones is 1. The number of fused-ring (bicyclic) bond motifs is 2. The van der Waals surface area contributed by atoms with Crippen molar-refractivity contribution in [3.63, 3.8) is 0 Å². The molecule has 1 unspecified atom stereocenters. The first-order valence-corrected chi connectivity index (χ1v) is 14.8. The number of Topliss-reactive ketones (excluding diaryl/α,β-unsaturated/α-hetero) is 1. The Labute approximate surface area is 264 Å². The minimum absolute atomic E-state index is 0.113. The number of benzene rings is 1. The molecule has 0 saturated carbocycles. The van der Waals surface area contributed by atoms with E-state index in [2.05, 4.69) is 4.98 Å². The van der Waals surface area contributed by atoms with Gasteiger partial charge < -0.3 is 33.3 Å². The minimum Gasteiger partial charge on any atom is -0.493 e. The molecule has 0 bridgehead atoms. The Morgan fingerprint density at radius 2 is 1.98 bits per heavy atom. The molecule has 1 aromatic carbocycles. The number of carbonyl (C=O) groups excluding carboxylic acids is 3. The van der Waals surface area contributed by atoms with Crippen LogP contribution in [0.5, 0.6) is 11.5 Å². The zero-order valence-electron chi connectivity index (χ0n) is 26.3. The van der Waals surface area contributed by atoms with Crippen molar-refractivity contribution in [2.45, 2.75) is 71.1 Å². The van der Waals surface area contributed by atoms with Gasteiger partial charge in [-0.1, -0.05) is 24.3 Å². The standard InChI is InChI=1S/C33H39BN2O9/c1-21-13-14-25(37)30-26(44-33(3,4)45-30)11-8-10-23-18-24(19-27(42-20-40-5)29(23)31(38)43-22(21)2)41-17-9-16-36(32(34)39)28-12-6-7-15-35-28/h6-8,10,12-13,15,18-19,22,26,30H,9,11,14,16-17,20H2,1-5H3/t22-,26-,30?/m0/s1. The summed E-state index contributed by atoms with van der Waals surface area (Å²) in [5.74, 6) is -1.19. The first-order chi connectivity index (χ1) is 21.5. The Hall–Kier alpha value is -4.00. The summed E-state index contributed by atoms with van der Waals surface area (Å²) >= 11 is 0. The predicted molar refractivity (Wildman–Crippen MR) is 168 cm³/mol. The van der Waals surface area contributed by atoms with E-state index in [1.165, 1.54) is 12.0 Å². The zero-order valence-corrected chi connectivity index (χ0v) is 26.3. The van der Waals surface area contributed by atoms with Gasteiger partial charge in [0.2, 0.25) is 7.85 Å². The number of nitrogens with zero attached hydrogens (tertiary/aromatic N) is 2. The molecule has 2 aliphatic rings. The summed E-state index contributed by atoms with van der Waals surface area (Å²) in [4.78, 5) is 44.2. The first kappa shape index (κ1) is 33.9. The van der Waals surface area contributed by atoms with Gasteiger partial charge in [-0.2, -0.15) is 0 Å². The number of pyridine rings is 1. The molecule has 1 fully saturated rings. The summed E-state index contributed by atoms with van der Waals surface area (Å²) in [6, 6.07) is 8.52. The molecule has 2 aliphatic heterocycles. The maximum Gasteiger partial charge on any atom is 0.343 e. The number of rotatable bonds is 9. The van der Waals surface area contributed by atoms with Gasteiger partial charge in [0.05, 0.1) is 12.7 Å². The van der Waals surface area contributed by atoms with E-state index in [1.807, 2.05) is 6.08 Å². The molecule has 3 atom stereocenters. The van der Waals surface area contributed by atoms with Crippen LogP contribution in [-0.4, -0.2) is 81.5 Å². The molecule has 11 nitrogen and oxygen atoms in total. The number of allylic oxidation sites excluding steroid dienone is 1. The lowest BCUT2D eigenvalue weighted by Gasteiger charge is -2.21. The minimum atomic E-state index is -0.918. The molecular formula is C33H39BN2O9. The molecule has 4 rings (SSSR count). The number of carbonyl (C=O) groups is 3. The lowest BCUT2D eigenvalue weighted by molar-refractivity contribution is -0.154. The number of ether oxygens (including phenoxy) is 6. The van der Waals surface area contributed by atoms with E-state index in [0.717, 1.165) is 5.57 Å². The van der Waals surface area contributed by atoms with Crippen molar-refractivity contribution in [1.82, 2.24) is 4.98 Å². The second-order valence-electron chi connectivity index (χ2n) is 11.2. The molecule has 0 aliphatic carbocycles. The van der Waals surface area contributed by atoms with Crippen LogP contribution in [0.3, 0.4) is 0 Å². The average molecular weight is 618 g/mol. The summed E-state index contributed by atoms with van der Waals surface area (Å²) in [5.41, 5.74) is 1.39. The Bertz CT molecular complexity index is 1430. The predicted octanol–water partition coefficient (Wildman–Crippen LogP) is 5.02. The Morgan fingerprint density at radius 3 is 2.69 bits per heavy atom. The molecule has 3 heterocycles. The number of hydrogen-bond acceptors (Lipinski definition) is 10. The van der Waals surface area contributed by atoms with Gasteiger partial charge in [0.15, 0.2) is 24.2 Å². The van der Waals surface area contributed by atoms with Gasteiger partial charge in [-0.25, -0.2) is 9.78 Å². The van der Waals surface area contributed by atoms with Crippen molar-refractivity contribution in [3.8, 4) is 11.5 Å². The number of anilines is 1. The second kappa shape index (κ2) is 15.3. The number of esters is 1. The van der Waals surface area contributed by atoms with Crippen molar-refractivity contribution >= 4 is 37.3 Å². The van der Waals surface area contributed by atoms with Gasteiger partial charge in [0.25, 0.3) is 0 Å². The zero-order chi connectivity index (χ0) is 32.6. The number of hydrogen-bond donors (Lipinski definition) is 0. The summed E-state index contributed by atoms with van der Waals surface area (Å²) in [7, 11) is 7.04. The fourth-order valence-electron chi connectivity index (χ4n) is 5.01. The molecule has 0 spiro atoms. The molecular weight excluding hydrogens is 579 g/mol. The molecule has 12 heteroatoms.